The zero-order chi connectivity index (χ0) is 27.8. The number of rotatable bonds is 12. The van der Waals surface area contributed by atoms with Crippen LogP contribution in [-0.2, 0) is 20.9 Å². The lowest BCUT2D eigenvalue weighted by Gasteiger charge is -2.13. The van der Waals surface area contributed by atoms with Gasteiger partial charge in [-0.1, -0.05) is 62.0 Å². The zero-order valence-corrected chi connectivity index (χ0v) is 23.3. The van der Waals surface area contributed by atoms with E-state index in [4.69, 9.17) is 37.8 Å². The molecule has 0 bridgehead atoms. The lowest BCUT2D eigenvalue weighted by Crippen LogP contribution is -2.12. The van der Waals surface area contributed by atoms with E-state index in [1.54, 1.807) is 23.6 Å². The van der Waals surface area contributed by atoms with Crippen LogP contribution >= 0.6 is 34.5 Å². The van der Waals surface area contributed by atoms with Gasteiger partial charge >= 0.3 is 5.97 Å². The normalized spacial score (nSPS) is 11.6. The van der Waals surface area contributed by atoms with Gasteiger partial charge in [0, 0.05) is 34.2 Å². The lowest BCUT2D eigenvalue weighted by atomic mass is 10.1. The van der Waals surface area contributed by atoms with E-state index in [9.17, 15) is 9.59 Å². The molecule has 11 heteroatoms. The van der Waals surface area contributed by atoms with Crippen LogP contribution in [0.3, 0.4) is 0 Å². The summed E-state index contributed by atoms with van der Waals surface area (Å²) in [6.45, 7) is 4.94. The summed E-state index contributed by atoms with van der Waals surface area (Å²) in [4.78, 5) is 28.4. The number of aromatic nitrogens is 1. The number of benzene rings is 2. The number of nitrogens with one attached hydrogen (secondary N) is 1. The van der Waals surface area contributed by atoms with Gasteiger partial charge in [0.25, 0.3) is 5.91 Å². The number of thiazole rings is 1. The van der Waals surface area contributed by atoms with Crippen molar-refractivity contribution in [1.29, 1.82) is 0 Å². The van der Waals surface area contributed by atoms with Crippen molar-refractivity contribution in [2.24, 2.45) is 5.92 Å². The molecule has 0 radical (unpaired) electrons. The molecule has 0 aliphatic heterocycles. The molecule has 0 saturated heterocycles. The fourth-order valence-electron chi connectivity index (χ4n) is 3.57. The Balaban J connectivity index is 1.74. The Labute approximate surface area is 234 Å². The number of amides is 1. The number of hydrogen-bond acceptors (Lipinski definition) is 6. The standard InChI is InChI=1S/C27H27Cl2FN2O5S/c1-4-15(5-2)12-37-13-16-7-6-8-18(24(16)30)22-14-38-27(31-22)32-25(33)17-9-20(28)19(21(29)10-17)11-23(36-3)26(34)35/h6-11,14-15H,4-5,12-13H2,1-3H3,(H,34,35)(H,31,32,33)/b23-11+. The van der Waals surface area contributed by atoms with Crippen molar-refractivity contribution in [3.8, 4) is 11.3 Å². The molecule has 202 valence electrons. The van der Waals surface area contributed by atoms with Crippen LogP contribution in [0, 0.1) is 11.7 Å². The highest BCUT2D eigenvalue weighted by atomic mass is 35.5. The Bertz CT molecular complexity index is 1320. The van der Waals surface area contributed by atoms with Gasteiger partial charge in [0.15, 0.2) is 5.13 Å². The van der Waals surface area contributed by atoms with Gasteiger partial charge in [-0.05, 0) is 30.2 Å². The van der Waals surface area contributed by atoms with E-state index < -0.39 is 17.7 Å². The molecular formula is C27H27Cl2FN2O5S. The van der Waals surface area contributed by atoms with E-state index in [0.29, 0.717) is 29.3 Å². The summed E-state index contributed by atoms with van der Waals surface area (Å²) < 4.78 is 25.7. The number of anilines is 1. The Hall–Kier alpha value is -2.98. The first kappa shape index (κ1) is 29.6. The fourth-order valence-corrected chi connectivity index (χ4v) is 4.87. The number of carbonyl (C=O) groups is 2. The number of ether oxygens (including phenoxy) is 2. The SMILES string of the molecule is CCC(CC)COCc1cccc(-c2csc(NC(=O)c3cc(Cl)c(/C=C(/OC)C(=O)O)c(Cl)c3)n2)c1F. The maximum absolute atomic E-state index is 15.2. The molecule has 7 nitrogen and oxygen atoms in total. The van der Waals surface area contributed by atoms with Gasteiger partial charge in [-0.15, -0.1) is 11.3 Å². The molecule has 3 rings (SSSR count). The van der Waals surface area contributed by atoms with Crippen molar-refractivity contribution in [3.63, 3.8) is 0 Å². The Kier molecular flexibility index (Phi) is 10.7. The number of carboxylic acid groups (broad SMARTS) is 1. The van der Waals surface area contributed by atoms with Crippen LogP contribution < -0.4 is 5.32 Å². The summed E-state index contributed by atoms with van der Waals surface area (Å²) in [6, 6.07) is 7.74. The summed E-state index contributed by atoms with van der Waals surface area (Å²) in [5.41, 5.74) is 1.44. The van der Waals surface area contributed by atoms with Crippen LogP contribution in [0.15, 0.2) is 41.5 Å². The van der Waals surface area contributed by atoms with Crippen molar-refractivity contribution >= 4 is 57.6 Å². The topological polar surface area (TPSA) is 97.8 Å². The van der Waals surface area contributed by atoms with E-state index in [0.717, 1.165) is 24.2 Å². The molecule has 0 unspecified atom stereocenters. The highest BCUT2D eigenvalue weighted by Gasteiger charge is 2.18. The second kappa shape index (κ2) is 13.7. The monoisotopic (exact) mass is 580 g/mol. The van der Waals surface area contributed by atoms with Gasteiger partial charge in [0.05, 0.1) is 29.5 Å². The third-order valence-corrected chi connectivity index (χ3v) is 7.28. The minimum Gasteiger partial charge on any atom is -0.490 e. The molecule has 38 heavy (non-hydrogen) atoms. The molecule has 3 aromatic rings. The molecule has 1 heterocycles. The van der Waals surface area contributed by atoms with Gasteiger partial charge in [0.2, 0.25) is 5.76 Å². The van der Waals surface area contributed by atoms with E-state index in [1.807, 2.05) is 0 Å². The Morgan fingerprint density at radius 3 is 2.50 bits per heavy atom. The summed E-state index contributed by atoms with van der Waals surface area (Å²) in [5.74, 6) is -2.18. The molecule has 0 aliphatic carbocycles. The first-order valence-electron chi connectivity index (χ1n) is 11.8. The van der Waals surface area contributed by atoms with E-state index in [-0.39, 0.29) is 38.7 Å². The molecule has 1 aromatic heterocycles. The quantitative estimate of drug-likeness (QED) is 0.170. The summed E-state index contributed by atoms with van der Waals surface area (Å²) >= 11 is 13.6. The van der Waals surface area contributed by atoms with Gasteiger partial charge in [-0.2, -0.15) is 0 Å². The van der Waals surface area contributed by atoms with Crippen molar-refractivity contribution in [2.45, 2.75) is 33.3 Å². The van der Waals surface area contributed by atoms with E-state index in [2.05, 4.69) is 24.1 Å². The van der Waals surface area contributed by atoms with Gasteiger partial charge < -0.3 is 14.6 Å². The molecule has 1 amide bonds. The first-order chi connectivity index (χ1) is 18.2. The van der Waals surface area contributed by atoms with Gasteiger partial charge in [-0.3, -0.25) is 10.1 Å². The van der Waals surface area contributed by atoms with Gasteiger partial charge in [-0.25, -0.2) is 14.2 Å². The number of carbonyl (C=O) groups excluding carboxylic acids is 1. The molecule has 0 atom stereocenters. The third-order valence-electron chi connectivity index (χ3n) is 5.89. The van der Waals surface area contributed by atoms with E-state index >= 15 is 4.39 Å². The number of aliphatic carboxylic acids is 1. The van der Waals surface area contributed by atoms with Crippen LogP contribution in [0.25, 0.3) is 17.3 Å². The maximum atomic E-state index is 15.2. The Morgan fingerprint density at radius 2 is 1.89 bits per heavy atom. The van der Waals surface area contributed by atoms with Crippen LogP contribution in [0.5, 0.6) is 0 Å². The van der Waals surface area contributed by atoms with Crippen molar-refractivity contribution < 1.29 is 28.6 Å². The average molecular weight is 581 g/mol. The average Bonchev–Trinajstić information content (AvgIpc) is 3.35. The van der Waals surface area contributed by atoms with Crippen LogP contribution in [0.4, 0.5) is 9.52 Å². The zero-order valence-electron chi connectivity index (χ0n) is 21.0. The number of nitrogens with zero attached hydrogens (tertiary/aromatic N) is 1. The van der Waals surface area contributed by atoms with Crippen LogP contribution in [-0.4, -0.2) is 35.7 Å². The molecule has 2 N–H and O–H groups in total. The number of hydrogen-bond donors (Lipinski definition) is 2. The summed E-state index contributed by atoms with van der Waals surface area (Å²) in [6.07, 6.45) is 3.18. The number of halogens is 3. The molecular weight excluding hydrogens is 554 g/mol. The lowest BCUT2D eigenvalue weighted by molar-refractivity contribution is -0.135. The maximum Gasteiger partial charge on any atom is 0.371 e. The summed E-state index contributed by atoms with van der Waals surface area (Å²) in [7, 11) is 1.21. The fraction of sp³-hybridized carbons (Fsp3) is 0.296. The smallest absolute Gasteiger partial charge is 0.371 e. The minimum absolute atomic E-state index is 0.0589. The minimum atomic E-state index is -1.29. The summed E-state index contributed by atoms with van der Waals surface area (Å²) in [5, 5.41) is 13.8. The highest BCUT2D eigenvalue weighted by molar-refractivity contribution is 7.14. The highest BCUT2D eigenvalue weighted by Crippen LogP contribution is 2.31. The van der Waals surface area contributed by atoms with Crippen molar-refractivity contribution in [3.05, 3.63) is 74.0 Å². The molecule has 2 aromatic carbocycles. The predicted molar refractivity (Wildman–Crippen MR) is 148 cm³/mol. The molecule has 0 saturated carbocycles. The third kappa shape index (κ3) is 7.32. The molecule has 0 spiro atoms. The number of methoxy groups -OCH3 is 1. The van der Waals surface area contributed by atoms with E-state index in [1.165, 1.54) is 25.3 Å². The van der Waals surface area contributed by atoms with Gasteiger partial charge in [0.1, 0.15) is 5.82 Å². The second-order valence-electron chi connectivity index (χ2n) is 8.34. The second-order valence-corrected chi connectivity index (χ2v) is 10.0. The van der Waals surface area contributed by atoms with Crippen LogP contribution in [0.1, 0.15) is 48.2 Å². The largest absolute Gasteiger partial charge is 0.490 e. The predicted octanol–water partition coefficient (Wildman–Crippen LogP) is 7.53. The van der Waals surface area contributed by atoms with Crippen LogP contribution in [0.2, 0.25) is 10.0 Å². The number of carboxylic acids is 1. The Morgan fingerprint density at radius 1 is 1.21 bits per heavy atom. The molecule has 0 aliphatic rings. The van der Waals surface area contributed by atoms with Crippen molar-refractivity contribution in [1.82, 2.24) is 4.98 Å². The molecule has 0 fully saturated rings. The van der Waals surface area contributed by atoms with Crippen molar-refractivity contribution in [2.75, 3.05) is 19.0 Å². The first-order valence-corrected chi connectivity index (χ1v) is 13.4.